The van der Waals surface area contributed by atoms with Gasteiger partial charge in [-0.05, 0) is 33.5 Å². The summed E-state index contributed by atoms with van der Waals surface area (Å²) in [6, 6.07) is 8.90. The first-order valence-electron chi connectivity index (χ1n) is 7.31. The molecule has 0 spiro atoms. The Morgan fingerprint density at radius 3 is 2.00 bits per heavy atom. The predicted octanol–water partition coefficient (Wildman–Crippen LogP) is 5.98. The standard InChI is InChI=1S/C17H23BrFO2P/c1-15(2,3)14-13(18)17(19,16(4,5)6)21-22(14,20)12-10-8-7-9-11-12/h7-11H,1-6H3. The van der Waals surface area contributed by atoms with Gasteiger partial charge in [0.1, 0.15) is 0 Å². The van der Waals surface area contributed by atoms with Crippen LogP contribution in [0.1, 0.15) is 41.5 Å². The zero-order valence-corrected chi connectivity index (χ0v) is 16.4. The molecule has 1 aliphatic heterocycles. The summed E-state index contributed by atoms with van der Waals surface area (Å²) in [7, 11) is -3.47. The van der Waals surface area contributed by atoms with Gasteiger partial charge in [0.25, 0.3) is 13.2 Å². The number of halogens is 2. The Balaban J connectivity index is 2.76. The van der Waals surface area contributed by atoms with Crippen LogP contribution in [0.4, 0.5) is 4.39 Å². The maximum atomic E-state index is 15.7. The van der Waals surface area contributed by atoms with Gasteiger partial charge in [-0.3, -0.25) is 9.09 Å². The SMILES string of the molecule is CC(C)(C)C1=C(Br)C(F)(C(C)(C)C)OP1(=O)c1ccccc1. The molecule has 122 valence electrons. The number of benzene rings is 1. The highest BCUT2D eigenvalue weighted by Gasteiger charge is 2.61. The van der Waals surface area contributed by atoms with Crippen LogP contribution in [-0.2, 0) is 9.09 Å². The van der Waals surface area contributed by atoms with Crippen LogP contribution < -0.4 is 5.30 Å². The third-order valence-corrected chi connectivity index (χ3v) is 7.99. The van der Waals surface area contributed by atoms with Crippen LogP contribution in [0.5, 0.6) is 0 Å². The van der Waals surface area contributed by atoms with Crippen molar-refractivity contribution in [2.75, 3.05) is 0 Å². The van der Waals surface area contributed by atoms with Crippen molar-refractivity contribution in [2.24, 2.45) is 10.8 Å². The molecule has 0 aromatic heterocycles. The highest BCUT2D eigenvalue weighted by Crippen LogP contribution is 2.73. The van der Waals surface area contributed by atoms with E-state index in [-0.39, 0.29) is 4.48 Å². The molecule has 2 nitrogen and oxygen atoms in total. The second-order valence-electron chi connectivity index (χ2n) is 7.74. The topological polar surface area (TPSA) is 26.3 Å². The summed E-state index contributed by atoms with van der Waals surface area (Å²) in [5.74, 6) is -2.11. The molecule has 0 saturated heterocycles. The van der Waals surface area contributed by atoms with Crippen molar-refractivity contribution in [1.29, 1.82) is 0 Å². The summed E-state index contributed by atoms with van der Waals surface area (Å²) in [5, 5.41) is 1.05. The highest BCUT2D eigenvalue weighted by molar-refractivity contribution is 9.11. The van der Waals surface area contributed by atoms with Crippen LogP contribution >= 0.6 is 23.3 Å². The summed E-state index contributed by atoms with van der Waals surface area (Å²) in [6.45, 7) is 11.0. The van der Waals surface area contributed by atoms with Gasteiger partial charge in [-0.1, -0.05) is 59.7 Å². The Kier molecular flexibility index (Phi) is 4.31. The van der Waals surface area contributed by atoms with Crippen molar-refractivity contribution >= 4 is 28.6 Å². The van der Waals surface area contributed by atoms with E-state index >= 15 is 4.39 Å². The van der Waals surface area contributed by atoms with Crippen LogP contribution in [0.15, 0.2) is 40.1 Å². The largest absolute Gasteiger partial charge is 0.283 e. The van der Waals surface area contributed by atoms with E-state index in [1.807, 2.05) is 26.8 Å². The van der Waals surface area contributed by atoms with Crippen LogP contribution in [0.3, 0.4) is 0 Å². The Labute approximate surface area is 140 Å². The minimum Gasteiger partial charge on any atom is -0.283 e. The average molecular weight is 389 g/mol. The molecular weight excluding hydrogens is 366 g/mol. The van der Waals surface area contributed by atoms with Crippen molar-refractivity contribution in [3.8, 4) is 0 Å². The van der Waals surface area contributed by atoms with Crippen molar-refractivity contribution in [3.05, 3.63) is 40.1 Å². The number of allylic oxidation sites excluding steroid dienone is 1. The van der Waals surface area contributed by atoms with Crippen LogP contribution in [0.25, 0.3) is 0 Å². The molecule has 5 heteroatoms. The molecule has 1 heterocycles. The van der Waals surface area contributed by atoms with Gasteiger partial charge in [0.15, 0.2) is 0 Å². The predicted molar refractivity (Wildman–Crippen MR) is 93.5 cm³/mol. The second kappa shape index (κ2) is 5.29. The Morgan fingerprint density at radius 1 is 1.09 bits per heavy atom. The van der Waals surface area contributed by atoms with Crippen molar-refractivity contribution in [1.82, 2.24) is 0 Å². The molecule has 0 saturated carbocycles. The van der Waals surface area contributed by atoms with E-state index in [1.54, 1.807) is 45.0 Å². The number of rotatable bonds is 1. The zero-order valence-electron chi connectivity index (χ0n) is 13.9. The van der Waals surface area contributed by atoms with E-state index in [4.69, 9.17) is 4.52 Å². The minimum atomic E-state index is -3.47. The van der Waals surface area contributed by atoms with Crippen LogP contribution in [0, 0.1) is 10.8 Å². The lowest BCUT2D eigenvalue weighted by Gasteiger charge is -2.34. The number of alkyl halides is 1. The quantitative estimate of drug-likeness (QED) is 0.552. The van der Waals surface area contributed by atoms with E-state index in [1.165, 1.54) is 0 Å². The van der Waals surface area contributed by atoms with E-state index in [0.717, 1.165) is 0 Å². The lowest BCUT2D eigenvalue weighted by Crippen LogP contribution is -2.38. The molecule has 1 aromatic carbocycles. The number of hydrogen-bond donors (Lipinski definition) is 0. The summed E-state index contributed by atoms with van der Waals surface area (Å²) < 4.78 is 35.4. The molecule has 0 radical (unpaired) electrons. The fraction of sp³-hybridized carbons (Fsp3) is 0.529. The van der Waals surface area contributed by atoms with Crippen LogP contribution in [0.2, 0.25) is 0 Å². The molecule has 2 atom stereocenters. The molecule has 0 N–H and O–H groups in total. The van der Waals surface area contributed by atoms with Crippen molar-refractivity contribution in [3.63, 3.8) is 0 Å². The fourth-order valence-corrected chi connectivity index (χ4v) is 7.71. The zero-order chi connectivity index (χ0) is 17.0. The Morgan fingerprint density at radius 2 is 1.59 bits per heavy atom. The highest BCUT2D eigenvalue weighted by atomic mass is 79.9. The van der Waals surface area contributed by atoms with Gasteiger partial charge in [-0.25, -0.2) is 4.39 Å². The monoisotopic (exact) mass is 388 g/mol. The molecule has 0 amide bonds. The average Bonchev–Trinajstić information content (AvgIpc) is 2.59. The van der Waals surface area contributed by atoms with Gasteiger partial charge in [-0.15, -0.1) is 0 Å². The summed E-state index contributed by atoms with van der Waals surface area (Å²) in [4.78, 5) is 0. The molecular formula is C17H23BrFO2P. The molecule has 0 bridgehead atoms. The van der Waals surface area contributed by atoms with Gasteiger partial charge in [0.05, 0.1) is 4.48 Å². The van der Waals surface area contributed by atoms with Crippen molar-refractivity contribution in [2.45, 2.75) is 47.4 Å². The normalized spacial score (nSPS) is 30.0. The van der Waals surface area contributed by atoms with E-state index in [2.05, 4.69) is 15.9 Å². The van der Waals surface area contributed by atoms with E-state index in [9.17, 15) is 4.57 Å². The molecule has 0 aliphatic carbocycles. The molecule has 1 aliphatic rings. The molecule has 2 unspecified atom stereocenters. The van der Waals surface area contributed by atoms with E-state index in [0.29, 0.717) is 10.6 Å². The van der Waals surface area contributed by atoms with Gasteiger partial charge in [0.2, 0.25) is 0 Å². The maximum absolute atomic E-state index is 15.7. The Hall–Kier alpha value is -0.440. The van der Waals surface area contributed by atoms with Crippen LogP contribution in [-0.4, -0.2) is 5.85 Å². The number of hydrogen-bond acceptors (Lipinski definition) is 2. The molecule has 0 fully saturated rings. The van der Waals surface area contributed by atoms with E-state index < -0.39 is 24.1 Å². The summed E-state index contributed by atoms with van der Waals surface area (Å²) >= 11 is 3.38. The first kappa shape index (κ1) is 17.9. The molecule has 2 rings (SSSR count). The van der Waals surface area contributed by atoms with Gasteiger partial charge in [-0.2, -0.15) is 0 Å². The van der Waals surface area contributed by atoms with Crippen molar-refractivity contribution < 1.29 is 13.5 Å². The van der Waals surface area contributed by atoms with Gasteiger partial charge in [0, 0.05) is 16.0 Å². The summed E-state index contributed by atoms with van der Waals surface area (Å²) in [6.07, 6.45) is 0. The summed E-state index contributed by atoms with van der Waals surface area (Å²) in [5.41, 5.74) is -1.33. The third kappa shape index (κ3) is 2.64. The molecule has 22 heavy (non-hydrogen) atoms. The first-order chi connectivity index (χ1) is 9.84. The van der Waals surface area contributed by atoms with Gasteiger partial charge >= 0.3 is 0 Å². The Bertz CT molecular complexity index is 655. The fourth-order valence-electron chi connectivity index (χ4n) is 2.59. The lowest BCUT2D eigenvalue weighted by molar-refractivity contribution is -0.0948. The maximum Gasteiger partial charge on any atom is 0.261 e. The van der Waals surface area contributed by atoms with Gasteiger partial charge < -0.3 is 0 Å². The minimum absolute atomic E-state index is 0.271. The lowest BCUT2D eigenvalue weighted by atomic mass is 9.84. The third-order valence-electron chi connectivity index (χ3n) is 3.81. The smallest absolute Gasteiger partial charge is 0.261 e. The first-order valence-corrected chi connectivity index (χ1v) is 9.72. The second-order valence-corrected chi connectivity index (χ2v) is 10.8. The molecule has 1 aromatic rings.